The van der Waals surface area contributed by atoms with Crippen molar-refractivity contribution >= 4 is 11.9 Å². The first-order chi connectivity index (χ1) is 10.5. The molecular formula is C15H18FNO5. The van der Waals surface area contributed by atoms with E-state index in [2.05, 4.69) is 0 Å². The van der Waals surface area contributed by atoms with E-state index in [4.69, 9.17) is 14.6 Å². The molecule has 6 nitrogen and oxygen atoms in total. The number of amides is 1. The average Bonchev–Trinajstić information content (AvgIpc) is 2.48. The molecule has 7 heteroatoms. The van der Waals surface area contributed by atoms with Gasteiger partial charge in [-0.2, -0.15) is 0 Å². The molecule has 1 fully saturated rings. The molecular weight excluding hydrogens is 293 g/mol. The Morgan fingerprint density at radius 2 is 2.27 bits per heavy atom. The molecule has 1 aromatic carbocycles. The van der Waals surface area contributed by atoms with Gasteiger partial charge in [-0.3, -0.25) is 9.59 Å². The second-order valence-corrected chi connectivity index (χ2v) is 5.14. The highest BCUT2D eigenvalue weighted by atomic mass is 19.1. The van der Waals surface area contributed by atoms with Crippen LogP contribution in [0.4, 0.5) is 4.39 Å². The maximum atomic E-state index is 13.6. The zero-order valence-corrected chi connectivity index (χ0v) is 12.3. The lowest BCUT2D eigenvalue weighted by atomic mass is 10.1. The molecule has 0 saturated carbocycles. The number of hydrogen-bond acceptors (Lipinski definition) is 4. The fourth-order valence-corrected chi connectivity index (χ4v) is 2.30. The smallest absolute Gasteiger partial charge is 0.305 e. The molecule has 1 aromatic rings. The lowest BCUT2D eigenvalue weighted by Crippen LogP contribution is -2.51. The number of morpholine rings is 1. The number of aryl methyl sites for hydroxylation is 1. The van der Waals surface area contributed by atoms with Gasteiger partial charge in [0.15, 0.2) is 18.2 Å². The summed E-state index contributed by atoms with van der Waals surface area (Å²) in [7, 11) is 0. The standard InChI is InChI=1S/C15H18FNO5/c1-10-2-3-12(16)13(6-10)22-9-14(18)17-4-5-21-8-11(17)7-15(19)20/h2-3,6,11H,4-5,7-9H2,1H3,(H,19,20). The third-order valence-corrected chi connectivity index (χ3v) is 3.40. The number of carboxylic acids is 1. The molecule has 0 spiro atoms. The zero-order valence-electron chi connectivity index (χ0n) is 12.3. The number of ether oxygens (including phenoxy) is 2. The molecule has 1 atom stereocenters. The summed E-state index contributed by atoms with van der Waals surface area (Å²) in [5, 5.41) is 8.87. The summed E-state index contributed by atoms with van der Waals surface area (Å²) in [6, 6.07) is 3.87. The molecule has 1 unspecified atom stereocenters. The minimum Gasteiger partial charge on any atom is -0.481 e. The summed E-state index contributed by atoms with van der Waals surface area (Å²) in [6.45, 7) is 2.28. The molecule has 1 heterocycles. The van der Waals surface area contributed by atoms with Crippen LogP contribution in [0.15, 0.2) is 18.2 Å². The van der Waals surface area contributed by atoms with E-state index in [1.54, 1.807) is 13.0 Å². The molecule has 1 amide bonds. The van der Waals surface area contributed by atoms with Crippen LogP contribution in [0.1, 0.15) is 12.0 Å². The Bertz CT molecular complexity index is 563. The van der Waals surface area contributed by atoms with Crippen molar-refractivity contribution in [1.82, 2.24) is 4.90 Å². The third-order valence-electron chi connectivity index (χ3n) is 3.40. The Kier molecular flexibility index (Phi) is 5.32. The van der Waals surface area contributed by atoms with Crippen LogP contribution in [0.2, 0.25) is 0 Å². The maximum absolute atomic E-state index is 13.6. The van der Waals surface area contributed by atoms with E-state index in [1.165, 1.54) is 17.0 Å². The van der Waals surface area contributed by atoms with Gasteiger partial charge < -0.3 is 19.5 Å². The highest BCUT2D eigenvalue weighted by molar-refractivity contribution is 5.79. The molecule has 120 valence electrons. The van der Waals surface area contributed by atoms with Crippen molar-refractivity contribution in [2.75, 3.05) is 26.4 Å². The number of aliphatic carboxylic acids is 1. The Morgan fingerprint density at radius 3 is 3.00 bits per heavy atom. The molecule has 2 rings (SSSR count). The highest BCUT2D eigenvalue weighted by Gasteiger charge is 2.29. The van der Waals surface area contributed by atoms with Gasteiger partial charge in [-0.05, 0) is 24.6 Å². The third kappa shape index (κ3) is 4.17. The van der Waals surface area contributed by atoms with Gasteiger partial charge >= 0.3 is 5.97 Å². The topological polar surface area (TPSA) is 76.1 Å². The molecule has 22 heavy (non-hydrogen) atoms. The lowest BCUT2D eigenvalue weighted by molar-refractivity contribution is -0.147. The Morgan fingerprint density at radius 1 is 1.50 bits per heavy atom. The molecule has 0 aromatic heterocycles. The Balaban J connectivity index is 1.97. The first kappa shape index (κ1) is 16.2. The minimum absolute atomic E-state index is 0.0106. The van der Waals surface area contributed by atoms with Gasteiger partial charge in [0.1, 0.15) is 0 Å². The number of hydrogen-bond donors (Lipinski definition) is 1. The number of halogens is 1. The monoisotopic (exact) mass is 311 g/mol. The number of carbonyl (C=O) groups excluding carboxylic acids is 1. The zero-order chi connectivity index (χ0) is 16.1. The van der Waals surface area contributed by atoms with Gasteiger partial charge in [-0.25, -0.2) is 4.39 Å². The van der Waals surface area contributed by atoms with Crippen molar-refractivity contribution in [2.24, 2.45) is 0 Å². The summed E-state index contributed by atoms with van der Waals surface area (Å²) >= 11 is 0. The lowest BCUT2D eigenvalue weighted by Gasteiger charge is -2.34. The quantitative estimate of drug-likeness (QED) is 0.884. The van der Waals surface area contributed by atoms with Crippen LogP contribution >= 0.6 is 0 Å². The molecule has 1 aliphatic heterocycles. The normalized spacial score (nSPS) is 18.1. The van der Waals surface area contributed by atoms with Crippen molar-refractivity contribution in [1.29, 1.82) is 0 Å². The molecule has 0 radical (unpaired) electrons. The van der Waals surface area contributed by atoms with Crippen molar-refractivity contribution in [2.45, 2.75) is 19.4 Å². The Hall–Kier alpha value is -2.15. The van der Waals surface area contributed by atoms with Gasteiger partial charge in [-0.1, -0.05) is 6.07 Å². The van der Waals surface area contributed by atoms with Gasteiger partial charge in [0.2, 0.25) is 0 Å². The first-order valence-corrected chi connectivity index (χ1v) is 6.95. The summed E-state index contributed by atoms with van der Waals surface area (Å²) < 4.78 is 24.0. The van der Waals surface area contributed by atoms with E-state index in [1.807, 2.05) is 0 Å². The van der Waals surface area contributed by atoms with E-state index in [-0.39, 0.29) is 31.3 Å². The highest BCUT2D eigenvalue weighted by Crippen LogP contribution is 2.19. The van der Waals surface area contributed by atoms with Gasteiger partial charge in [0.25, 0.3) is 5.91 Å². The van der Waals surface area contributed by atoms with Gasteiger partial charge in [-0.15, -0.1) is 0 Å². The predicted octanol–water partition coefficient (Wildman–Crippen LogP) is 1.22. The molecule has 1 N–H and O–H groups in total. The second-order valence-electron chi connectivity index (χ2n) is 5.14. The van der Waals surface area contributed by atoms with E-state index in [0.717, 1.165) is 5.56 Å². The summed E-state index contributed by atoms with van der Waals surface area (Å²) in [5.41, 5.74) is 0.818. The molecule has 0 aliphatic carbocycles. The predicted molar refractivity (Wildman–Crippen MR) is 75.2 cm³/mol. The van der Waals surface area contributed by atoms with Crippen LogP contribution in [0.5, 0.6) is 5.75 Å². The van der Waals surface area contributed by atoms with Crippen molar-refractivity contribution in [3.8, 4) is 5.75 Å². The fraction of sp³-hybridized carbons (Fsp3) is 0.467. The van der Waals surface area contributed by atoms with Crippen LogP contribution in [-0.2, 0) is 14.3 Å². The summed E-state index contributed by atoms with van der Waals surface area (Å²) in [4.78, 5) is 24.4. The van der Waals surface area contributed by atoms with Crippen LogP contribution in [0.3, 0.4) is 0 Å². The van der Waals surface area contributed by atoms with E-state index in [9.17, 15) is 14.0 Å². The second kappa shape index (κ2) is 7.22. The largest absolute Gasteiger partial charge is 0.481 e. The maximum Gasteiger partial charge on any atom is 0.305 e. The van der Waals surface area contributed by atoms with Crippen LogP contribution in [-0.4, -0.2) is 54.3 Å². The van der Waals surface area contributed by atoms with Gasteiger partial charge in [0.05, 0.1) is 25.7 Å². The number of benzene rings is 1. The summed E-state index contributed by atoms with van der Waals surface area (Å²) in [5.74, 6) is -1.91. The van der Waals surface area contributed by atoms with Crippen LogP contribution in [0.25, 0.3) is 0 Å². The van der Waals surface area contributed by atoms with Crippen molar-refractivity contribution in [3.05, 3.63) is 29.6 Å². The number of carbonyl (C=O) groups is 2. The summed E-state index contributed by atoms with van der Waals surface area (Å²) in [6.07, 6.45) is -0.190. The number of carboxylic acid groups (broad SMARTS) is 1. The van der Waals surface area contributed by atoms with Crippen LogP contribution in [0, 0.1) is 12.7 Å². The molecule has 0 bridgehead atoms. The minimum atomic E-state index is -1.00. The van der Waals surface area contributed by atoms with E-state index >= 15 is 0 Å². The van der Waals surface area contributed by atoms with E-state index in [0.29, 0.717) is 13.2 Å². The van der Waals surface area contributed by atoms with E-state index < -0.39 is 17.8 Å². The van der Waals surface area contributed by atoms with Gasteiger partial charge in [0, 0.05) is 6.54 Å². The Labute approximate surface area is 127 Å². The number of rotatable bonds is 5. The fourth-order valence-electron chi connectivity index (χ4n) is 2.30. The van der Waals surface area contributed by atoms with Crippen molar-refractivity contribution in [3.63, 3.8) is 0 Å². The van der Waals surface area contributed by atoms with Crippen LogP contribution < -0.4 is 4.74 Å². The average molecular weight is 311 g/mol. The first-order valence-electron chi connectivity index (χ1n) is 6.95. The molecule has 1 aliphatic rings. The number of nitrogens with zero attached hydrogens (tertiary/aromatic N) is 1. The van der Waals surface area contributed by atoms with Crippen molar-refractivity contribution < 1.29 is 28.6 Å². The molecule has 1 saturated heterocycles. The SMILES string of the molecule is Cc1ccc(F)c(OCC(=O)N2CCOCC2CC(=O)O)c1.